The molecule has 0 bridgehead atoms. The summed E-state index contributed by atoms with van der Waals surface area (Å²) >= 11 is 3.04. The zero-order chi connectivity index (χ0) is 9.14. The van der Waals surface area contributed by atoms with Crippen LogP contribution in [-0.2, 0) is 0 Å². The lowest BCUT2D eigenvalue weighted by Crippen LogP contribution is -1.93. The molecule has 1 aromatic rings. The van der Waals surface area contributed by atoms with Crippen LogP contribution in [0.2, 0.25) is 0 Å². The molecular weight excluding hydrogens is 228 g/mol. The number of rotatable bonds is 2. The van der Waals surface area contributed by atoms with Crippen molar-refractivity contribution in [1.29, 1.82) is 0 Å². The van der Waals surface area contributed by atoms with Crippen LogP contribution in [0.25, 0.3) is 0 Å². The fourth-order valence-electron chi connectivity index (χ4n) is 0.685. The Kier molecular flexibility index (Phi) is 2.59. The molecule has 1 heterocycles. The van der Waals surface area contributed by atoms with E-state index < -0.39 is 4.92 Å². The third kappa shape index (κ3) is 1.53. The summed E-state index contributed by atoms with van der Waals surface area (Å²) in [5.74, 6) is 0.351. The van der Waals surface area contributed by atoms with Crippen molar-refractivity contribution >= 4 is 21.6 Å². The van der Waals surface area contributed by atoms with Crippen molar-refractivity contribution in [2.45, 2.75) is 0 Å². The van der Waals surface area contributed by atoms with Crippen molar-refractivity contribution in [3.8, 4) is 5.75 Å². The first-order valence-corrected chi connectivity index (χ1v) is 3.78. The van der Waals surface area contributed by atoms with Gasteiger partial charge in [0.1, 0.15) is 10.7 Å². The van der Waals surface area contributed by atoms with E-state index in [0.29, 0.717) is 10.2 Å². The average molecular weight is 233 g/mol. The smallest absolute Gasteiger partial charge is 0.305 e. The maximum absolute atomic E-state index is 10.4. The third-order valence-corrected chi connectivity index (χ3v) is 2.04. The van der Waals surface area contributed by atoms with Gasteiger partial charge in [-0.3, -0.25) is 15.1 Å². The molecule has 0 N–H and O–H groups in total. The summed E-state index contributed by atoms with van der Waals surface area (Å²) < 4.78 is 5.13. The highest BCUT2D eigenvalue weighted by molar-refractivity contribution is 9.10. The summed E-state index contributed by atoms with van der Waals surface area (Å²) in [6.45, 7) is 0. The van der Waals surface area contributed by atoms with Crippen LogP contribution in [0.15, 0.2) is 16.9 Å². The first-order valence-electron chi connectivity index (χ1n) is 2.98. The number of aromatic nitrogens is 1. The summed E-state index contributed by atoms with van der Waals surface area (Å²) in [5.41, 5.74) is -0.102. The van der Waals surface area contributed by atoms with Crippen molar-refractivity contribution in [2.24, 2.45) is 0 Å². The Morgan fingerprint density at radius 1 is 1.67 bits per heavy atom. The highest BCUT2D eigenvalue weighted by atomic mass is 79.9. The lowest BCUT2D eigenvalue weighted by molar-refractivity contribution is -0.386. The van der Waals surface area contributed by atoms with E-state index >= 15 is 0 Å². The maximum Gasteiger partial charge on any atom is 0.305 e. The van der Waals surface area contributed by atoms with Crippen LogP contribution in [0, 0.1) is 10.1 Å². The van der Waals surface area contributed by atoms with Gasteiger partial charge in [-0.1, -0.05) is 0 Å². The highest BCUT2D eigenvalue weighted by Crippen LogP contribution is 2.31. The number of methoxy groups -OCH3 is 1. The molecule has 1 aromatic heterocycles. The van der Waals surface area contributed by atoms with Crippen LogP contribution < -0.4 is 4.74 Å². The zero-order valence-electron chi connectivity index (χ0n) is 6.15. The van der Waals surface area contributed by atoms with E-state index in [4.69, 9.17) is 4.74 Å². The van der Waals surface area contributed by atoms with Gasteiger partial charge >= 0.3 is 5.69 Å². The molecule has 64 valence electrons. The zero-order valence-corrected chi connectivity index (χ0v) is 7.74. The van der Waals surface area contributed by atoms with Crippen LogP contribution in [0.4, 0.5) is 5.69 Å². The molecule has 0 unspecified atom stereocenters. The highest BCUT2D eigenvalue weighted by Gasteiger charge is 2.15. The third-order valence-electron chi connectivity index (χ3n) is 1.25. The van der Waals surface area contributed by atoms with Gasteiger partial charge in [-0.15, -0.1) is 0 Å². The van der Waals surface area contributed by atoms with Crippen molar-refractivity contribution in [2.75, 3.05) is 7.11 Å². The van der Waals surface area contributed by atoms with Crippen LogP contribution in [0.1, 0.15) is 0 Å². The summed E-state index contributed by atoms with van der Waals surface area (Å²) in [7, 11) is 1.42. The van der Waals surface area contributed by atoms with E-state index in [1.54, 1.807) is 0 Å². The molecule has 0 radical (unpaired) electrons. The molecular formula is C6H5BrN2O3. The van der Waals surface area contributed by atoms with E-state index in [-0.39, 0.29) is 5.69 Å². The molecule has 0 saturated carbocycles. The van der Waals surface area contributed by atoms with Gasteiger partial charge < -0.3 is 4.74 Å². The van der Waals surface area contributed by atoms with Crippen LogP contribution in [-0.4, -0.2) is 17.0 Å². The van der Waals surface area contributed by atoms with Crippen molar-refractivity contribution in [3.63, 3.8) is 0 Å². The Morgan fingerprint density at radius 3 is 2.83 bits per heavy atom. The predicted molar refractivity (Wildman–Crippen MR) is 45.1 cm³/mol. The molecule has 0 spiro atoms. The number of hydrogen-bond donors (Lipinski definition) is 0. The average Bonchev–Trinajstić information content (AvgIpc) is 2.04. The van der Waals surface area contributed by atoms with Gasteiger partial charge in [0.25, 0.3) is 0 Å². The number of halogens is 1. The Balaban J connectivity index is 3.23. The number of pyridine rings is 1. The molecule has 12 heavy (non-hydrogen) atoms. The second kappa shape index (κ2) is 3.48. The van der Waals surface area contributed by atoms with Gasteiger partial charge in [-0.2, -0.15) is 0 Å². The minimum atomic E-state index is -0.528. The van der Waals surface area contributed by atoms with Gasteiger partial charge in [-0.05, 0) is 15.9 Å². The molecule has 0 atom stereocenters. The number of nitro groups is 1. The minimum Gasteiger partial charge on any atom is -0.494 e. The molecule has 0 aliphatic rings. The Bertz CT molecular complexity index is 316. The SMILES string of the molecule is COc1cncc([N+](=O)[O-])c1Br. The number of hydrogen-bond acceptors (Lipinski definition) is 4. The van der Waals surface area contributed by atoms with Gasteiger partial charge in [-0.25, -0.2) is 0 Å². The molecule has 6 heteroatoms. The molecule has 0 fully saturated rings. The van der Waals surface area contributed by atoms with Gasteiger partial charge in [0, 0.05) is 0 Å². The maximum atomic E-state index is 10.4. The topological polar surface area (TPSA) is 65.3 Å². The first-order chi connectivity index (χ1) is 5.66. The predicted octanol–water partition coefficient (Wildman–Crippen LogP) is 1.76. The monoisotopic (exact) mass is 232 g/mol. The van der Waals surface area contributed by atoms with Crippen LogP contribution in [0.5, 0.6) is 5.75 Å². The second-order valence-electron chi connectivity index (χ2n) is 1.93. The number of nitrogens with zero attached hydrogens (tertiary/aromatic N) is 2. The molecule has 0 saturated heterocycles. The fraction of sp³-hybridized carbons (Fsp3) is 0.167. The molecule has 0 amide bonds. The van der Waals surface area contributed by atoms with E-state index in [1.807, 2.05) is 0 Å². The summed E-state index contributed by atoms with van der Waals surface area (Å²) in [6.07, 6.45) is 2.56. The minimum absolute atomic E-state index is 0.102. The number of ether oxygens (including phenoxy) is 1. The molecule has 0 aliphatic carbocycles. The normalized spacial score (nSPS) is 9.50. The largest absolute Gasteiger partial charge is 0.494 e. The quantitative estimate of drug-likeness (QED) is 0.576. The summed E-state index contributed by atoms with van der Waals surface area (Å²) in [4.78, 5) is 13.5. The lowest BCUT2D eigenvalue weighted by atomic mass is 10.4. The molecule has 0 aliphatic heterocycles. The van der Waals surface area contributed by atoms with Gasteiger partial charge in [0.15, 0.2) is 5.75 Å². The van der Waals surface area contributed by atoms with Crippen LogP contribution >= 0.6 is 15.9 Å². The molecule has 1 rings (SSSR count). The Labute approximate surface area is 76.7 Å². The van der Waals surface area contributed by atoms with E-state index in [9.17, 15) is 10.1 Å². The van der Waals surface area contributed by atoms with Crippen molar-refractivity contribution in [3.05, 3.63) is 27.0 Å². The van der Waals surface area contributed by atoms with Gasteiger partial charge in [0.2, 0.25) is 0 Å². The summed E-state index contributed by atoms with van der Waals surface area (Å²) in [5, 5.41) is 10.4. The van der Waals surface area contributed by atoms with Crippen molar-refractivity contribution in [1.82, 2.24) is 4.98 Å². The molecule has 5 nitrogen and oxygen atoms in total. The summed E-state index contributed by atoms with van der Waals surface area (Å²) in [6, 6.07) is 0. The van der Waals surface area contributed by atoms with Gasteiger partial charge in [0.05, 0.1) is 18.2 Å². The molecule has 0 aromatic carbocycles. The fourth-order valence-corrected chi connectivity index (χ4v) is 1.20. The van der Waals surface area contributed by atoms with Crippen molar-refractivity contribution < 1.29 is 9.66 Å². The Hall–Kier alpha value is -1.17. The first kappa shape index (κ1) is 8.92. The second-order valence-corrected chi connectivity index (χ2v) is 2.72. The van der Waals surface area contributed by atoms with E-state index in [0.717, 1.165) is 6.20 Å². The standard InChI is InChI=1S/C6H5BrN2O3/c1-12-5-3-8-2-4(6(5)7)9(10)11/h2-3H,1H3. The van der Waals surface area contributed by atoms with E-state index in [2.05, 4.69) is 20.9 Å². The van der Waals surface area contributed by atoms with E-state index in [1.165, 1.54) is 13.3 Å². The van der Waals surface area contributed by atoms with Crippen LogP contribution in [0.3, 0.4) is 0 Å². The Morgan fingerprint density at radius 2 is 2.33 bits per heavy atom. The lowest BCUT2D eigenvalue weighted by Gasteiger charge is -2.00.